The van der Waals surface area contributed by atoms with Crippen LogP contribution in [-0.2, 0) is 9.53 Å². The Morgan fingerprint density at radius 1 is 1.38 bits per heavy atom. The zero-order valence-corrected chi connectivity index (χ0v) is 10.9. The lowest BCUT2D eigenvalue weighted by molar-refractivity contribution is -0.119. The topological polar surface area (TPSA) is 46.6 Å². The van der Waals surface area contributed by atoms with Crippen molar-refractivity contribution < 1.29 is 14.3 Å². The van der Waals surface area contributed by atoms with Crippen LogP contribution in [0.25, 0.3) is 0 Å². The number of ether oxygens (including phenoxy) is 1. The van der Waals surface area contributed by atoms with Gasteiger partial charge in [-0.05, 0) is 45.7 Å². The van der Waals surface area contributed by atoms with Crippen molar-refractivity contribution in [3.8, 4) is 0 Å². The van der Waals surface area contributed by atoms with E-state index in [2.05, 4.69) is 0 Å². The van der Waals surface area contributed by atoms with Crippen molar-refractivity contribution in [2.75, 3.05) is 13.1 Å². The first-order valence-electron chi connectivity index (χ1n) is 5.32. The largest absolute Gasteiger partial charge is 0.444 e. The zero-order valence-electron chi connectivity index (χ0n) is 10.2. The fourth-order valence-corrected chi connectivity index (χ4v) is 1.76. The molecule has 0 saturated carbocycles. The minimum Gasteiger partial charge on any atom is -0.444 e. The Morgan fingerprint density at radius 3 is 2.31 bits per heavy atom. The second-order valence-corrected chi connectivity index (χ2v) is 5.83. The van der Waals surface area contributed by atoms with E-state index in [9.17, 15) is 9.59 Å². The smallest absolute Gasteiger partial charge is 0.410 e. The van der Waals surface area contributed by atoms with Gasteiger partial charge >= 0.3 is 6.09 Å². The lowest BCUT2D eigenvalue weighted by atomic mass is 9.92. The number of carbonyl (C=O) groups excluding carboxylic acids is 2. The van der Waals surface area contributed by atoms with Crippen molar-refractivity contribution >= 4 is 22.9 Å². The summed E-state index contributed by atoms with van der Waals surface area (Å²) in [6.45, 7) is 8.06. The summed E-state index contributed by atoms with van der Waals surface area (Å²) in [7, 11) is 0. The molecule has 0 radical (unpaired) electrons. The molecule has 1 aliphatic heterocycles. The standard InChI is InChI=1S/C11H18ClNO3/c1-10(2,3)16-9(15)13-6-5-11(4,7-13)8(12)14/h5-7H2,1-4H3. The van der Waals surface area contributed by atoms with Gasteiger partial charge in [0.25, 0.3) is 0 Å². The van der Waals surface area contributed by atoms with Crippen LogP contribution in [0, 0.1) is 5.41 Å². The van der Waals surface area contributed by atoms with Gasteiger partial charge in [-0.25, -0.2) is 4.79 Å². The quantitative estimate of drug-likeness (QED) is 0.669. The summed E-state index contributed by atoms with van der Waals surface area (Å²) in [5.74, 6) is 0. The molecule has 0 bridgehead atoms. The van der Waals surface area contributed by atoms with Crippen LogP contribution in [0.15, 0.2) is 0 Å². The molecule has 0 aromatic heterocycles. The summed E-state index contributed by atoms with van der Waals surface area (Å²) < 4.78 is 5.23. The average Bonchev–Trinajstić information content (AvgIpc) is 2.46. The molecule has 1 atom stereocenters. The van der Waals surface area contributed by atoms with Crippen LogP contribution in [0.5, 0.6) is 0 Å². The first-order chi connectivity index (χ1) is 7.14. The Hall–Kier alpha value is -0.770. The van der Waals surface area contributed by atoms with Gasteiger partial charge in [0.15, 0.2) is 0 Å². The molecule has 0 N–H and O–H groups in total. The molecule has 0 aromatic carbocycles. The zero-order chi connectivity index (χ0) is 12.6. The number of hydrogen-bond acceptors (Lipinski definition) is 3. The second-order valence-electron chi connectivity index (χ2n) is 5.49. The van der Waals surface area contributed by atoms with Crippen LogP contribution in [0.2, 0.25) is 0 Å². The van der Waals surface area contributed by atoms with E-state index in [0.717, 1.165) is 0 Å². The highest BCUT2D eigenvalue weighted by Crippen LogP contribution is 2.32. The Bertz CT molecular complexity index is 311. The fraction of sp³-hybridized carbons (Fsp3) is 0.818. The molecule has 1 rings (SSSR count). The molecule has 1 amide bonds. The van der Waals surface area contributed by atoms with E-state index in [1.54, 1.807) is 6.92 Å². The van der Waals surface area contributed by atoms with E-state index in [0.29, 0.717) is 19.5 Å². The summed E-state index contributed by atoms with van der Waals surface area (Å²) in [6.07, 6.45) is 0.211. The third kappa shape index (κ3) is 3.11. The molecule has 0 aliphatic carbocycles. The Kier molecular flexibility index (Phi) is 3.53. The molecule has 0 aromatic rings. The van der Waals surface area contributed by atoms with Gasteiger partial charge < -0.3 is 9.64 Å². The molecular weight excluding hydrogens is 230 g/mol. The molecule has 1 heterocycles. The maximum atomic E-state index is 11.7. The van der Waals surface area contributed by atoms with E-state index in [-0.39, 0.29) is 6.09 Å². The maximum Gasteiger partial charge on any atom is 0.410 e. The number of likely N-dealkylation sites (tertiary alicyclic amines) is 1. The molecule has 92 valence electrons. The van der Waals surface area contributed by atoms with Crippen molar-refractivity contribution in [2.45, 2.75) is 39.7 Å². The Labute approximate surface area is 101 Å². The van der Waals surface area contributed by atoms with Crippen molar-refractivity contribution in [1.29, 1.82) is 0 Å². The lowest BCUT2D eigenvalue weighted by Crippen LogP contribution is -2.37. The van der Waals surface area contributed by atoms with Crippen LogP contribution in [0.4, 0.5) is 4.79 Å². The van der Waals surface area contributed by atoms with E-state index >= 15 is 0 Å². The average molecular weight is 248 g/mol. The Morgan fingerprint density at radius 2 is 1.94 bits per heavy atom. The van der Waals surface area contributed by atoms with Crippen LogP contribution in [0.1, 0.15) is 34.1 Å². The van der Waals surface area contributed by atoms with E-state index in [4.69, 9.17) is 16.3 Å². The van der Waals surface area contributed by atoms with Gasteiger partial charge in [0, 0.05) is 13.1 Å². The van der Waals surface area contributed by atoms with Gasteiger partial charge in [-0.15, -0.1) is 0 Å². The minimum absolute atomic E-state index is 0.338. The number of nitrogens with zero attached hydrogens (tertiary/aromatic N) is 1. The number of hydrogen-bond donors (Lipinski definition) is 0. The number of rotatable bonds is 1. The summed E-state index contributed by atoms with van der Waals surface area (Å²) in [4.78, 5) is 24.5. The van der Waals surface area contributed by atoms with Crippen molar-refractivity contribution in [1.82, 2.24) is 4.90 Å². The highest BCUT2D eigenvalue weighted by molar-refractivity contribution is 6.64. The highest BCUT2D eigenvalue weighted by Gasteiger charge is 2.42. The van der Waals surface area contributed by atoms with Gasteiger partial charge in [0.05, 0.1) is 5.41 Å². The third-order valence-corrected chi connectivity index (χ3v) is 3.06. The van der Waals surface area contributed by atoms with Gasteiger partial charge in [0.1, 0.15) is 5.60 Å². The predicted molar refractivity (Wildman–Crippen MR) is 61.4 cm³/mol. The number of carbonyl (C=O) groups is 2. The molecule has 1 saturated heterocycles. The molecule has 1 unspecified atom stereocenters. The molecule has 1 fully saturated rings. The lowest BCUT2D eigenvalue weighted by Gasteiger charge is -2.25. The van der Waals surface area contributed by atoms with Gasteiger partial charge in [-0.3, -0.25) is 4.79 Å². The van der Waals surface area contributed by atoms with Crippen molar-refractivity contribution in [3.05, 3.63) is 0 Å². The van der Waals surface area contributed by atoms with E-state index < -0.39 is 16.3 Å². The first kappa shape index (κ1) is 13.3. The fourth-order valence-electron chi connectivity index (χ4n) is 1.60. The third-order valence-electron chi connectivity index (χ3n) is 2.60. The summed E-state index contributed by atoms with van der Waals surface area (Å²) >= 11 is 5.51. The monoisotopic (exact) mass is 247 g/mol. The molecule has 4 nitrogen and oxygen atoms in total. The highest BCUT2D eigenvalue weighted by atomic mass is 35.5. The summed E-state index contributed by atoms with van der Waals surface area (Å²) in [5.41, 5.74) is -1.14. The van der Waals surface area contributed by atoms with Crippen LogP contribution >= 0.6 is 11.6 Å². The van der Waals surface area contributed by atoms with Crippen molar-refractivity contribution in [3.63, 3.8) is 0 Å². The Balaban J connectivity index is 2.60. The first-order valence-corrected chi connectivity index (χ1v) is 5.70. The predicted octanol–water partition coefficient (Wildman–Crippen LogP) is 2.40. The summed E-state index contributed by atoms with van der Waals surface area (Å²) in [5, 5.41) is -0.390. The van der Waals surface area contributed by atoms with E-state index in [1.807, 2.05) is 20.8 Å². The molecule has 5 heteroatoms. The van der Waals surface area contributed by atoms with Crippen molar-refractivity contribution in [2.24, 2.45) is 5.41 Å². The molecular formula is C11H18ClNO3. The van der Waals surface area contributed by atoms with Crippen LogP contribution in [0.3, 0.4) is 0 Å². The minimum atomic E-state index is -0.627. The summed E-state index contributed by atoms with van der Waals surface area (Å²) in [6, 6.07) is 0. The molecule has 16 heavy (non-hydrogen) atoms. The normalized spacial score (nSPS) is 25.7. The van der Waals surface area contributed by atoms with Crippen LogP contribution < -0.4 is 0 Å². The maximum absolute atomic E-state index is 11.7. The number of halogens is 1. The van der Waals surface area contributed by atoms with Gasteiger partial charge in [-0.1, -0.05) is 0 Å². The van der Waals surface area contributed by atoms with Gasteiger partial charge in [-0.2, -0.15) is 0 Å². The SMILES string of the molecule is CC(C)(C)OC(=O)N1CCC(C)(C(=O)Cl)C1. The number of amides is 1. The van der Waals surface area contributed by atoms with Gasteiger partial charge in [0.2, 0.25) is 5.24 Å². The molecule has 1 aliphatic rings. The molecule has 0 spiro atoms. The van der Waals surface area contributed by atoms with E-state index in [1.165, 1.54) is 4.90 Å². The van der Waals surface area contributed by atoms with Crippen LogP contribution in [-0.4, -0.2) is 34.9 Å². The second kappa shape index (κ2) is 4.24.